The molecule has 0 aliphatic carbocycles. The van der Waals surface area contributed by atoms with E-state index >= 15 is 0 Å². The second kappa shape index (κ2) is 9.36. The van der Waals surface area contributed by atoms with Gasteiger partial charge in [-0.2, -0.15) is 0 Å². The fraction of sp³-hybridized carbons (Fsp3) is 0.259. The summed E-state index contributed by atoms with van der Waals surface area (Å²) in [6, 6.07) is 12.3. The lowest BCUT2D eigenvalue weighted by atomic mass is 10.0. The lowest BCUT2D eigenvalue weighted by molar-refractivity contribution is 0.0989. The third kappa shape index (κ3) is 4.20. The molecule has 0 bridgehead atoms. The zero-order chi connectivity index (χ0) is 26.6. The molecule has 0 saturated carbocycles. The molecule has 0 fully saturated rings. The van der Waals surface area contributed by atoms with Crippen LogP contribution in [-0.4, -0.2) is 39.5 Å². The van der Waals surface area contributed by atoms with Crippen LogP contribution in [0.5, 0.6) is 0 Å². The molecule has 10 heteroatoms. The van der Waals surface area contributed by atoms with Crippen LogP contribution in [0.3, 0.4) is 0 Å². The van der Waals surface area contributed by atoms with Crippen molar-refractivity contribution in [3.8, 4) is 11.4 Å². The van der Waals surface area contributed by atoms with E-state index in [-0.39, 0.29) is 17.5 Å². The second-order valence-corrected chi connectivity index (χ2v) is 10.4. The van der Waals surface area contributed by atoms with Crippen LogP contribution >= 0.6 is 23.2 Å². The zero-order valence-corrected chi connectivity index (χ0v) is 22.6. The molecule has 3 heterocycles. The molecule has 0 radical (unpaired) electrons. The molecule has 1 aliphatic rings. The number of imidazole rings is 1. The summed E-state index contributed by atoms with van der Waals surface area (Å²) in [4.78, 5) is 42.5. The minimum Gasteiger partial charge on any atom is -0.348 e. The van der Waals surface area contributed by atoms with Gasteiger partial charge in [-0.15, -0.1) is 0 Å². The van der Waals surface area contributed by atoms with Gasteiger partial charge in [-0.25, -0.2) is 9.97 Å². The van der Waals surface area contributed by atoms with Crippen molar-refractivity contribution in [1.29, 1.82) is 0 Å². The normalized spacial score (nSPS) is 15.0. The average Bonchev–Trinajstić information content (AvgIpc) is 3.36. The molecule has 2 aromatic carbocycles. The van der Waals surface area contributed by atoms with E-state index in [2.05, 4.69) is 9.97 Å². The molecular formula is C27H26Cl2N6O2. The Kier molecular flexibility index (Phi) is 6.33. The number of rotatable bonds is 5. The molecule has 5 rings (SSSR count). The van der Waals surface area contributed by atoms with Crippen molar-refractivity contribution in [2.45, 2.75) is 32.9 Å². The number of fused-ring (bicyclic) bond motifs is 1. The summed E-state index contributed by atoms with van der Waals surface area (Å²) in [5, 5.41) is 1.12. The number of amides is 1. The smallest absolute Gasteiger partial charge is 0.279 e. The number of nitrogens with one attached hydrogen (secondary N) is 1. The second-order valence-electron chi connectivity index (χ2n) is 9.54. The third-order valence-electron chi connectivity index (χ3n) is 6.47. The topological polar surface area (TPSA) is 87.1 Å². The molecule has 0 saturated heterocycles. The Morgan fingerprint density at radius 1 is 1.03 bits per heavy atom. The van der Waals surface area contributed by atoms with Crippen LogP contribution < -0.4 is 15.4 Å². The fourth-order valence-electron chi connectivity index (χ4n) is 4.74. The molecule has 8 nitrogen and oxygen atoms in total. The summed E-state index contributed by atoms with van der Waals surface area (Å²) in [5.74, 6) is 0.561. The molecule has 1 amide bonds. The number of aryl methyl sites for hydroxylation is 1. The van der Waals surface area contributed by atoms with Gasteiger partial charge < -0.3 is 9.47 Å². The predicted molar refractivity (Wildman–Crippen MR) is 147 cm³/mol. The fourth-order valence-corrected chi connectivity index (χ4v) is 5.04. The van der Waals surface area contributed by atoms with Gasteiger partial charge in [-0.1, -0.05) is 41.4 Å². The van der Waals surface area contributed by atoms with E-state index < -0.39 is 6.04 Å². The van der Waals surface area contributed by atoms with E-state index in [1.165, 1.54) is 6.20 Å². The van der Waals surface area contributed by atoms with Gasteiger partial charge >= 0.3 is 0 Å². The Labute approximate surface area is 224 Å². The number of hydrogen-bond acceptors (Lipinski definition) is 5. The lowest BCUT2D eigenvalue weighted by Gasteiger charge is -2.29. The third-order valence-corrected chi connectivity index (χ3v) is 6.96. The first kappa shape index (κ1) is 25.0. The highest BCUT2D eigenvalue weighted by molar-refractivity contribution is 6.31. The molecule has 37 heavy (non-hydrogen) atoms. The number of carbonyl (C=O) groups is 1. The molecule has 1 N–H and O–H groups in total. The van der Waals surface area contributed by atoms with Gasteiger partial charge in [0.2, 0.25) is 5.95 Å². The molecule has 0 spiro atoms. The quantitative estimate of drug-likeness (QED) is 0.356. The van der Waals surface area contributed by atoms with Crippen molar-refractivity contribution < 1.29 is 4.79 Å². The summed E-state index contributed by atoms with van der Waals surface area (Å²) in [6.07, 6.45) is 1.51. The highest BCUT2D eigenvalue weighted by Crippen LogP contribution is 2.45. The van der Waals surface area contributed by atoms with Crippen molar-refractivity contribution in [2.75, 3.05) is 23.9 Å². The molecule has 1 unspecified atom stereocenters. The maximum Gasteiger partial charge on any atom is 0.279 e. The van der Waals surface area contributed by atoms with E-state index in [1.807, 2.05) is 43.5 Å². The number of aromatic nitrogens is 4. The number of benzene rings is 2. The van der Waals surface area contributed by atoms with Gasteiger partial charge in [0, 0.05) is 42.1 Å². The number of carbonyl (C=O) groups excluding carboxylic acids is 1. The van der Waals surface area contributed by atoms with E-state index in [1.54, 1.807) is 48.2 Å². The maximum absolute atomic E-state index is 14.0. The van der Waals surface area contributed by atoms with Crippen LogP contribution in [-0.2, 0) is 0 Å². The number of anilines is 2. The standard InChI is InChI=1S/C27H26Cl2N6O2/c1-14(2)34-23-21(31-24(34)19-13-30-27(33(4)5)32-25(19)36)26(37)35(20-12-18(29)9-6-15(20)3)22(23)16-7-10-17(28)11-8-16/h6-14,22H,1-5H3,(H,30,32,36). The molecule has 4 aromatic rings. The van der Waals surface area contributed by atoms with Gasteiger partial charge in [0.15, 0.2) is 5.69 Å². The number of nitrogens with zero attached hydrogens (tertiary/aromatic N) is 5. The molecule has 2 aromatic heterocycles. The Morgan fingerprint density at radius 2 is 1.70 bits per heavy atom. The Hall–Kier alpha value is -3.62. The summed E-state index contributed by atoms with van der Waals surface area (Å²) >= 11 is 12.6. The highest BCUT2D eigenvalue weighted by atomic mass is 35.5. The summed E-state index contributed by atoms with van der Waals surface area (Å²) < 4.78 is 1.95. The number of H-pyrrole nitrogens is 1. The van der Waals surface area contributed by atoms with E-state index in [4.69, 9.17) is 28.2 Å². The molecule has 190 valence electrons. The van der Waals surface area contributed by atoms with Gasteiger partial charge in [-0.3, -0.25) is 19.5 Å². The van der Waals surface area contributed by atoms with Crippen LogP contribution in [0.1, 0.15) is 53.2 Å². The van der Waals surface area contributed by atoms with E-state index in [0.717, 1.165) is 11.1 Å². The molecule has 1 atom stereocenters. The monoisotopic (exact) mass is 536 g/mol. The Bertz CT molecular complexity index is 1570. The lowest BCUT2D eigenvalue weighted by Crippen LogP contribution is -2.31. The largest absolute Gasteiger partial charge is 0.348 e. The maximum atomic E-state index is 14.0. The summed E-state index contributed by atoms with van der Waals surface area (Å²) in [7, 11) is 3.59. The van der Waals surface area contributed by atoms with Crippen LogP contribution in [0.15, 0.2) is 53.5 Å². The first-order chi connectivity index (χ1) is 17.6. The minimum atomic E-state index is -0.506. The average molecular weight is 537 g/mol. The van der Waals surface area contributed by atoms with Crippen molar-refractivity contribution >= 4 is 40.7 Å². The first-order valence-electron chi connectivity index (χ1n) is 11.8. The van der Waals surface area contributed by atoms with Crippen LogP contribution in [0.4, 0.5) is 11.6 Å². The first-order valence-corrected chi connectivity index (χ1v) is 12.6. The summed E-state index contributed by atoms with van der Waals surface area (Å²) in [5.41, 5.74) is 3.41. The summed E-state index contributed by atoms with van der Waals surface area (Å²) in [6.45, 7) is 5.93. The van der Waals surface area contributed by atoms with Crippen LogP contribution in [0.2, 0.25) is 10.0 Å². The SMILES string of the molecule is Cc1ccc(Cl)cc1N1C(=O)c2nc(-c3cnc(N(C)C)[nH]c3=O)n(C(C)C)c2C1c1ccc(Cl)cc1. The Balaban J connectivity index is 1.78. The number of aromatic amines is 1. The zero-order valence-electron chi connectivity index (χ0n) is 21.1. The van der Waals surface area contributed by atoms with Crippen molar-refractivity contribution in [1.82, 2.24) is 19.5 Å². The Morgan fingerprint density at radius 3 is 2.32 bits per heavy atom. The number of halogens is 2. The van der Waals surface area contributed by atoms with E-state index in [9.17, 15) is 9.59 Å². The van der Waals surface area contributed by atoms with Crippen LogP contribution in [0.25, 0.3) is 11.4 Å². The van der Waals surface area contributed by atoms with Crippen molar-refractivity contribution in [3.63, 3.8) is 0 Å². The van der Waals surface area contributed by atoms with Gasteiger partial charge in [0.1, 0.15) is 17.4 Å². The molecular weight excluding hydrogens is 511 g/mol. The van der Waals surface area contributed by atoms with E-state index in [0.29, 0.717) is 44.5 Å². The van der Waals surface area contributed by atoms with Gasteiger partial charge in [0.25, 0.3) is 11.5 Å². The highest BCUT2D eigenvalue weighted by Gasteiger charge is 2.45. The number of hydrogen-bond donors (Lipinski definition) is 1. The van der Waals surface area contributed by atoms with Gasteiger partial charge in [0.05, 0.1) is 5.69 Å². The molecule has 1 aliphatic heterocycles. The van der Waals surface area contributed by atoms with Crippen molar-refractivity contribution in [3.05, 3.63) is 91.6 Å². The van der Waals surface area contributed by atoms with Crippen LogP contribution in [0, 0.1) is 6.92 Å². The minimum absolute atomic E-state index is 0.109. The van der Waals surface area contributed by atoms with Crippen molar-refractivity contribution in [2.24, 2.45) is 0 Å². The predicted octanol–water partition coefficient (Wildman–Crippen LogP) is 5.65. The van der Waals surface area contributed by atoms with Gasteiger partial charge in [-0.05, 0) is 56.2 Å².